The van der Waals surface area contributed by atoms with Crippen LogP contribution in [0.3, 0.4) is 0 Å². The van der Waals surface area contributed by atoms with E-state index in [0.717, 1.165) is 5.75 Å². The standard InChI is InChI=1S/C27H27PS/c1-29(22-24-14-6-2-7-15-24)23-28(25-16-8-3-9-17-25,26-18-10-4-11-19-26)27-20-12-5-13-21-27/h2-21H,22-23H2,1H3/q+2. The molecule has 4 rings (SSSR count). The van der Waals surface area contributed by atoms with Crippen LogP contribution < -0.4 is 15.9 Å². The summed E-state index contributed by atoms with van der Waals surface area (Å²) in [5.41, 5.74) is 2.63. The highest BCUT2D eigenvalue weighted by molar-refractivity contribution is 8.10. The maximum absolute atomic E-state index is 2.44. The van der Waals surface area contributed by atoms with Gasteiger partial charge in [-0.25, -0.2) is 0 Å². The van der Waals surface area contributed by atoms with Crippen LogP contribution in [0.25, 0.3) is 0 Å². The minimum atomic E-state index is -1.73. The van der Waals surface area contributed by atoms with E-state index in [9.17, 15) is 0 Å². The van der Waals surface area contributed by atoms with Crippen molar-refractivity contribution < 1.29 is 0 Å². The van der Waals surface area contributed by atoms with Crippen molar-refractivity contribution in [3.05, 3.63) is 127 Å². The maximum atomic E-state index is 2.44. The molecular weight excluding hydrogens is 387 g/mol. The zero-order chi connectivity index (χ0) is 19.9. The first-order valence-electron chi connectivity index (χ1n) is 9.97. The molecule has 4 aromatic carbocycles. The summed E-state index contributed by atoms with van der Waals surface area (Å²) < 4.78 is 0. The average Bonchev–Trinajstić information content (AvgIpc) is 2.80. The third-order valence-electron chi connectivity index (χ3n) is 5.26. The Morgan fingerprint density at radius 3 is 1.24 bits per heavy atom. The average molecular weight is 415 g/mol. The van der Waals surface area contributed by atoms with Gasteiger partial charge in [0.05, 0.1) is 0 Å². The maximum Gasteiger partial charge on any atom is 0.222 e. The van der Waals surface area contributed by atoms with Crippen molar-refractivity contribution in [2.24, 2.45) is 0 Å². The fourth-order valence-electron chi connectivity index (χ4n) is 3.95. The van der Waals surface area contributed by atoms with E-state index in [-0.39, 0.29) is 10.9 Å². The Bertz CT molecular complexity index is 905. The molecule has 2 heteroatoms. The Labute approximate surface area is 178 Å². The lowest BCUT2D eigenvalue weighted by Crippen LogP contribution is -2.35. The van der Waals surface area contributed by atoms with E-state index in [4.69, 9.17) is 0 Å². The molecule has 0 aliphatic carbocycles. The molecule has 29 heavy (non-hydrogen) atoms. The summed E-state index contributed by atoms with van der Waals surface area (Å²) in [6, 6.07) is 44.5. The zero-order valence-corrected chi connectivity index (χ0v) is 18.5. The van der Waals surface area contributed by atoms with Gasteiger partial charge < -0.3 is 0 Å². The molecule has 0 saturated carbocycles. The lowest BCUT2D eigenvalue weighted by Gasteiger charge is -2.26. The monoisotopic (exact) mass is 414 g/mol. The van der Waals surface area contributed by atoms with E-state index in [1.54, 1.807) is 0 Å². The molecule has 0 N–H and O–H groups in total. The van der Waals surface area contributed by atoms with Crippen molar-refractivity contribution in [1.82, 2.24) is 0 Å². The Morgan fingerprint density at radius 1 is 0.517 bits per heavy atom. The van der Waals surface area contributed by atoms with E-state index >= 15 is 0 Å². The molecule has 0 aliphatic rings. The van der Waals surface area contributed by atoms with Crippen LogP contribution >= 0.6 is 7.26 Å². The van der Waals surface area contributed by atoms with Crippen molar-refractivity contribution in [2.75, 3.05) is 11.7 Å². The normalized spacial score (nSPS) is 12.4. The van der Waals surface area contributed by atoms with Gasteiger partial charge in [-0.3, -0.25) is 0 Å². The third-order valence-corrected chi connectivity index (χ3v) is 12.9. The van der Waals surface area contributed by atoms with E-state index in [2.05, 4.69) is 128 Å². The second-order valence-electron chi connectivity index (χ2n) is 7.36. The predicted octanol–water partition coefficient (Wildman–Crippen LogP) is 5.39. The first-order chi connectivity index (χ1) is 14.3. The van der Waals surface area contributed by atoms with Gasteiger partial charge >= 0.3 is 0 Å². The quantitative estimate of drug-likeness (QED) is 0.281. The Hall–Kier alpha value is -2.34. The van der Waals surface area contributed by atoms with E-state index in [1.165, 1.54) is 27.0 Å². The first kappa shape index (κ1) is 20.0. The first-order valence-corrected chi connectivity index (χ1v) is 13.9. The number of hydrogen-bond donors (Lipinski definition) is 0. The molecule has 0 saturated heterocycles. The van der Waals surface area contributed by atoms with Crippen molar-refractivity contribution >= 4 is 34.1 Å². The second kappa shape index (κ2) is 9.44. The van der Waals surface area contributed by atoms with E-state index in [1.807, 2.05) is 0 Å². The lowest BCUT2D eigenvalue weighted by atomic mass is 10.2. The van der Waals surface area contributed by atoms with Gasteiger partial charge in [-0.1, -0.05) is 84.9 Å². The summed E-state index contributed by atoms with van der Waals surface area (Å²) in [7, 11) is -1.48. The predicted molar refractivity (Wildman–Crippen MR) is 133 cm³/mol. The highest BCUT2D eigenvalue weighted by Gasteiger charge is 2.50. The van der Waals surface area contributed by atoms with Gasteiger partial charge in [-0.15, -0.1) is 0 Å². The van der Waals surface area contributed by atoms with Gasteiger partial charge in [-0.05, 0) is 36.4 Å². The summed E-state index contributed by atoms with van der Waals surface area (Å²) in [6.45, 7) is 0. The fourth-order valence-corrected chi connectivity index (χ4v) is 12.5. The summed E-state index contributed by atoms with van der Waals surface area (Å²) in [4.78, 5) is 0. The second-order valence-corrected chi connectivity index (χ2v) is 13.4. The van der Waals surface area contributed by atoms with Crippen LogP contribution in [0.2, 0.25) is 0 Å². The summed E-state index contributed by atoms with van der Waals surface area (Å²) >= 11 is 0. The topological polar surface area (TPSA) is 0 Å². The molecule has 0 amide bonds. The molecule has 0 aromatic heterocycles. The highest BCUT2D eigenvalue weighted by Crippen LogP contribution is 2.56. The minimum Gasteiger partial charge on any atom is -0.0622 e. The summed E-state index contributed by atoms with van der Waals surface area (Å²) in [5, 5.41) is 4.43. The largest absolute Gasteiger partial charge is 0.222 e. The van der Waals surface area contributed by atoms with Gasteiger partial charge in [0.1, 0.15) is 27.9 Å². The third kappa shape index (κ3) is 4.47. The van der Waals surface area contributed by atoms with Crippen LogP contribution in [0.15, 0.2) is 121 Å². The molecule has 0 bridgehead atoms. The Kier molecular flexibility index (Phi) is 6.49. The van der Waals surface area contributed by atoms with Crippen molar-refractivity contribution in [2.45, 2.75) is 5.75 Å². The SMILES string of the molecule is C[S+](Cc1ccccc1)C[P+](c1ccccc1)(c1ccccc1)c1ccccc1. The lowest BCUT2D eigenvalue weighted by molar-refractivity contribution is 1.40. The van der Waals surface area contributed by atoms with Gasteiger partial charge in [-0.2, -0.15) is 0 Å². The molecular formula is C27H27PS+2. The van der Waals surface area contributed by atoms with Crippen LogP contribution in [0.1, 0.15) is 5.56 Å². The summed E-state index contributed by atoms with van der Waals surface area (Å²) in [6.07, 6.45) is 2.44. The van der Waals surface area contributed by atoms with Gasteiger partial charge in [0.15, 0.2) is 7.26 Å². The smallest absolute Gasteiger partial charge is 0.0622 e. The number of rotatable bonds is 7. The summed E-state index contributed by atoms with van der Waals surface area (Å²) in [5.74, 6) is 1.13. The Balaban J connectivity index is 1.83. The molecule has 0 nitrogen and oxygen atoms in total. The van der Waals surface area contributed by atoms with Crippen LogP contribution in [-0.2, 0) is 16.6 Å². The molecule has 1 unspecified atom stereocenters. The van der Waals surface area contributed by atoms with Crippen molar-refractivity contribution in [3.8, 4) is 0 Å². The fraction of sp³-hybridized carbons (Fsp3) is 0.111. The van der Waals surface area contributed by atoms with Gasteiger partial charge in [0.2, 0.25) is 5.49 Å². The molecule has 0 spiro atoms. The van der Waals surface area contributed by atoms with Crippen LogP contribution in [0.5, 0.6) is 0 Å². The molecule has 1 atom stereocenters. The molecule has 0 aliphatic heterocycles. The van der Waals surface area contributed by atoms with Crippen LogP contribution in [-0.4, -0.2) is 11.7 Å². The molecule has 144 valence electrons. The minimum absolute atomic E-state index is 0.258. The molecule has 0 heterocycles. The number of benzene rings is 4. The highest BCUT2D eigenvalue weighted by atomic mass is 32.2. The van der Waals surface area contributed by atoms with Gasteiger partial charge in [0, 0.05) is 16.5 Å². The van der Waals surface area contributed by atoms with Crippen LogP contribution in [0, 0.1) is 0 Å². The molecule has 0 radical (unpaired) electrons. The van der Waals surface area contributed by atoms with E-state index < -0.39 is 7.26 Å². The van der Waals surface area contributed by atoms with Crippen LogP contribution in [0.4, 0.5) is 0 Å². The van der Waals surface area contributed by atoms with E-state index in [0.29, 0.717) is 0 Å². The molecule has 0 fully saturated rings. The number of hydrogen-bond acceptors (Lipinski definition) is 0. The van der Waals surface area contributed by atoms with Gasteiger partial charge in [0.25, 0.3) is 0 Å². The Morgan fingerprint density at radius 2 is 0.862 bits per heavy atom. The van der Waals surface area contributed by atoms with Crippen molar-refractivity contribution in [1.29, 1.82) is 0 Å². The van der Waals surface area contributed by atoms with Crippen molar-refractivity contribution in [3.63, 3.8) is 0 Å². The molecule has 4 aromatic rings. The zero-order valence-electron chi connectivity index (χ0n) is 16.8.